The average Bonchev–Trinajstić information content (AvgIpc) is 2.21. The number of halogens is 1. The number of unbranched alkanes of at least 4 members (excludes halogenated alkanes) is 7. The molecule has 0 saturated carbocycles. The van der Waals surface area contributed by atoms with Crippen LogP contribution >= 0.6 is 11.6 Å². The molecule has 0 N–H and O–H groups in total. The Kier molecular flexibility index (Phi) is 12.1. The maximum Gasteiger partial charge on any atom is 0.192 e. The number of carbonyl (C=O) groups excluding carboxylic acids is 1. The molecule has 0 fully saturated rings. The Morgan fingerprint density at radius 2 is 1.50 bits per heavy atom. The minimum absolute atomic E-state index is 0.659. The van der Waals surface area contributed by atoms with Crippen LogP contribution in [0.4, 0.5) is 0 Å². The van der Waals surface area contributed by atoms with E-state index >= 15 is 0 Å². The van der Waals surface area contributed by atoms with Gasteiger partial charge in [0.05, 0.1) is 0 Å². The standard InChI is InChI=1S/C12H19ClO/c13-11-9-7-5-3-1-2-4-6-8-10-12-14/h12H,1-7,9,11H2. The molecule has 1 nitrogen and oxygen atoms in total. The molecule has 0 saturated heterocycles. The van der Waals surface area contributed by atoms with Crippen LogP contribution in [0.1, 0.15) is 51.4 Å². The Morgan fingerprint density at radius 1 is 0.929 bits per heavy atom. The lowest BCUT2D eigenvalue weighted by atomic mass is 10.1. The van der Waals surface area contributed by atoms with Gasteiger partial charge in [0.2, 0.25) is 0 Å². The van der Waals surface area contributed by atoms with E-state index in [1.54, 1.807) is 0 Å². The van der Waals surface area contributed by atoms with Gasteiger partial charge in [0.1, 0.15) is 0 Å². The second-order valence-corrected chi connectivity index (χ2v) is 3.73. The predicted molar refractivity (Wildman–Crippen MR) is 61.5 cm³/mol. The third kappa shape index (κ3) is 11.5. The fourth-order valence-corrected chi connectivity index (χ4v) is 1.49. The van der Waals surface area contributed by atoms with Crippen LogP contribution < -0.4 is 0 Å². The number of alkyl halides is 1. The summed E-state index contributed by atoms with van der Waals surface area (Å²) in [6, 6.07) is 0. The van der Waals surface area contributed by atoms with Gasteiger partial charge in [0.25, 0.3) is 0 Å². The number of hydrogen-bond donors (Lipinski definition) is 0. The van der Waals surface area contributed by atoms with Crippen LogP contribution in [0.25, 0.3) is 0 Å². The van der Waals surface area contributed by atoms with Gasteiger partial charge >= 0.3 is 0 Å². The average molecular weight is 215 g/mol. The molecule has 0 aliphatic heterocycles. The summed E-state index contributed by atoms with van der Waals surface area (Å²) in [7, 11) is 0. The van der Waals surface area contributed by atoms with Crippen molar-refractivity contribution < 1.29 is 4.79 Å². The molecule has 0 atom stereocenters. The third-order valence-electron chi connectivity index (χ3n) is 2.10. The molecule has 80 valence electrons. The summed E-state index contributed by atoms with van der Waals surface area (Å²) in [4.78, 5) is 9.86. The molecule has 0 bridgehead atoms. The van der Waals surface area contributed by atoms with Crippen molar-refractivity contribution in [2.24, 2.45) is 0 Å². The van der Waals surface area contributed by atoms with E-state index in [2.05, 4.69) is 11.8 Å². The summed E-state index contributed by atoms with van der Waals surface area (Å²) in [5, 5.41) is 0. The molecule has 0 heterocycles. The van der Waals surface area contributed by atoms with E-state index in [0.717, 1.165) is 25.1 Å². The molecule has 14 heavy (non-hydrogen) atoms. The topological polar surface area (TPSA) is 17.1 Å². The number of carbonyl (C=O) groups is 1. The lowest BCUT2D eigenvalue weighted by molar-refractivity contribution is -0.103. The van der Waals surface area contributed by atoms with Gasteiger partial charge in [0, 0.05) is 12.3 Å². The van der Waals surface area contributed by atoms with E-state index in [9.17, 15) is 4.79 Å². The monoisotopic (exact) mass is 214 g/mol. The second-order valence-electron chi connectivity index (χ2n) is 3.35. The van der Waals surface area contributed by atoms with Crippen molar-refractivity contribution >= 4 is 17.9 Å². The lowest BCUT2D eigenvalue weighted by Gasteiger charge is -1.98. The Labute approximate surface area is 92.2 Å². The van der Waals surface area contributed by atoms with Crippen LogP contribution in [-0.2, 0) is 4.79 Å². The lowest BCUT2D eigenvalue weighted by Crippen LogP contribution is -1.81. The second kappa shape index (κ2) is 12.5. The highest BCUT2D eigenvalue weighted by Gasteiger charge is 1.90. The van der Waals surface area contributed by atoms with Gasteiger partial charge in [-0.1, -0.05) is 38.0 Å². The van der Waals surface area contributed by atoms with Crippen molar-refractivity contribution in [3.8, 4) is 11.8 Å². The van der Waals surface area contributed by atoms with Crippen molar-refractivity contribution in [1.29, 1.82) is 0 Å². The maximum atomic E-state index is 9.86. The molecule has 2 heteroatoms. The van der Waals surface area contributed by atoms with Gasteiger partial charge in [-0.2, -0.15) is 0 Å². The van der Waals surface area contributed by atoms with E-state index in [1.807, 2.05) is 0 Å². The Bertz CT molecular complexity index is 178. The number of hydrogen-bond acceptors (Lipinski definition) is 1. The molecule has 0 radical (unpaired) electrons. The zero-order valence-corrected chi connectivity index (χ0v) is 9.48. The first-order chi connectivity index (χ1) is 6.91. The van der Waals surface area contributed by atoms with Gasteiger partial charge in [0.15, 0.2) is 6.29 Å². The Morgan fingerprint density at radius 3 is 2.07 bits per heavy atom. The van der Waals surface area contributed by atoms with Gasteiger partial charge in [-0.05, 0) is 18.8 Å². The van der Waals surface area contributed by atoms with E-state index in [1.165, 1.54) is 32.1 Å². The number of aldehydes is 1. The summed E-state index contributed by atoms with van der Waals surface area (Å²) in [6.45, 7) is 0. The fourth-order valence-electron chi connectivity index (χ4n) is 1.31. The molecule has 0 rings (SSSR count). The minimum Gasteiger partial charge on any atom is -0.289 e. The van der Waals surface area contributed by atoms with Gasteiger partial charge < -0.3 is 0 Å². The first-order valence-electron chi connectivity index (χ1n) is 5.40. The molecule has 0 aliphatic rings. The fraction of sp³-hybridized carbons (Fsp3) is 0.750. The first-order valence-corrected chi connectivity index (χ1v) is 5.93. The molecule has 0 aliphatic carbocycles. The zero-order valence-electron chi connectivity index (χ0n) is 8.73. The van der Waals surface area contributed by atoms with Crippen LogP contribution in [0.5, 0.6) is 0 Å². The van der Waals surface area contributed by atoms with Crippen molar-refractivity contribution in [3.05, 3.63) is 0 Å². The van der Waals surface area contributed by atoms with Crippen molar-refractivity contribution in [3.63, 3.8) is 0 Å². The van der Waals surface area contributed by atoms with Crippen molar-refractivity contribution in [1.82, 2.24) is 0 Å². The summed E-state index contributed by atoms with van der Waals surface area (Å²) in [6.07, 6.45) is 10.2. The molecular weight excluding hydrogens is 196 g/mol. The first kappa shape index (κ1) is 13.5. The van der Waals surface area contributed by atoms with Crippen molar-refractivity contribution in [2.45, 2.75) is 51.4 Å². The van der Waals surface area contributed by atoms with Crippen LogP contribution in [0.15, 0.2) is 0 Å². The smallest absolute Gasteiger partial charge is 0.192 e. The van der Waals surface area contributed by atoms with E-state index in [-0.39, 0.29) is 0 Å². The predicted octanol–water partition coefficient (Wildman–Crippen LogP) is 3.55. The van der Waals surface area contributed by atoms with E-state index < -0.39 is 0 Å². The molecule has 0 aromatic heterocycles. The van der Waals surface area contributed by atoms with E-state index in [0.29, 0.717) is 6.29 Å². The third-order valence-corrected chi connectivity index (χ3v) is 2.36. The SMILES string of the molecule is O=CC#CCCCCCCCCCCl. The summed E-state index contributed by atoms with van der Waals surface area (Å²) < 4.78 is 0. The highest BCUT2D eigenvalue weighted by atomic mass is 35.5. The summed E-state index contributed by atoms with van der Waals surface area (Å²) >= 11 is 5.57. The largest absolute Gasteiger partial charge is 0.289 e. The van der Waals surface area contributed by atoms with Gasteiger partial charge in [-0.3, -0.25) is 4.79 Å². The van der Waals surface area contributed by atoms with Crippen LogP contribution in [0, 0.1) is 11.8 Å². The Hall–Kier alpha value is -0.480. The summed E-state index contributed by atoms with van der Waals surface area (Å²) in [5.41, 5.74) is 0. The number of rotatable bonds is 8. The zero-order chi connectivity index (χ0) is 10.5. The molecule has 0 aromatic carbocycles. The minimum atomic E-state index is 0.659. The highest BCUT2D eigenvalue weighted by Crippen LogP contribution is 2.08. The normalized spacial score (nSPS) is 9.21. The van der Waals surface area contributed by atoms with Crippen LogP contribution in [0.3, 0.4) is 0 Å². The van der Waals surface area contributed by atoms with E-state index in [4.69, 9.17) is 11.6 Å². The van der Waals surface area contributed by atoms with Crippen LogP contribution in [0.2, 0.25) is 0 Å². The summed E-state index contributed by atoms with van der Waals surface area (Å²) in [5.74, 6) is 6.03. The Balaban J connectivity index is 2.95. The van der Waals surface area contributed by atoms with Gasteiger partial charge in [-0.25, -0.2) is 0 Å². The highest BCUT2D eigenvalue weighted by molar-refractivity contribution is 6.17. The molecular formula is C12H19ClO. The molecule has 0 aromatic rings. The van der Waals surface area contributed by atoms with Crippen molar-refractivity contribution in [2.75, 3.05) is 5.88 Å². The maximum absolute atomic E-state index is 9.86. The quantitative estimate of drug-likeness (QED) is 0.261. The van der Waals surface area contributed by atoms with Crippen LogP contribution in [-0.4, -0.2) is 12.2 Å². The molecule has 0 unspecified atom stereocenters. The molecule has 0 amide bonds. The van der Waals surface area contributed by atoms with Gasteiger partial charge in [-0.15, -0.1) is 11.6 Å². The molecule has 0 spiro atoms.